The smallest absolute Gasteiger partial charge is 0.238 e. The standard InChI is InChI=1S/C16H22N2O2S/c1-7-15-17-12(4)9-18(15)21(19,20)16-13(5)10(2)8-11(3)14(16)6/h8-9H,7H2,1-6H3. The Morgan fingerprint density at radius 2 is 1.57 bits per heavy atom. The van der Waals surface area contributed by atoms with Crippen LogP contribution in [0.1, 0.15) is 40.7 Å². The van der Waals surface area contributed by atoms with Crippen LogP contribution in [0.4, 0.5) is 0 Å². The van der Waals surface area contributed by atoms with Crippen LogP contribution in [0.25, 0.3) is 0 Å². The Labute approximate surface area is 126 Å². The van der Waals surface area contributed by atoms with Gasteiger partial charge in [-0.2, -0.15) is 0 Å². The van der Waals surface area contributed by atoms with Crippen molar-refractivity contribution in [3.63, 3.8) is 0 Å². The Morgan fingerprint density at radius 3 is 2.05 bits per heavy atom. The van der Waals surface area contributed by atoms with E-state index in [1.165, 1.54) is 3.97 Å². The fourth-order valence-electron chi connectivity index (χ4n) is 2.63. The van der Waals surface area contributed by atoms with Gasteiger partial charge in [-0.15, -0.1) is 0 Å². The molecule has 1 heterocycles. The molecule has 4 nitrogen and oxygen atoms in total. The van der Waals surface area contributed by atoms with E-state index in [4.69, 9.17) is 0 Å². The van der Waals surface area contributed by atoms with E-state index in [9.17, 15) is 8.42 Å². The second-order valence-corrected chi connectivity index (χ2v) is 7.29. The quantitative estimate of drug-likeness (QED) is 0.875. The van der Waals surface area contributed by atoms with E-state index in [0.29, 0.717) is 17.1 Å². The molecule has 0 amide bonds. The van der Waals surface area contributed by atoms with Crippen LogP contribution in [0.5, 0.6) is 0 Å². The zero-order chi connectivity index (χ0) is 15.9. The zero-order valence-corrected chi connectivity index (χ0v) is 14.3. The summed E-state index contributed by atoms with van der Waals surface area (Å²) in [6.45, 7) is 11.3. The van der Waals surface area contributed by atoms with Crippen LogP contribution >= 0.6 is 0 Å². The Balaban J connectivity index is 2.82. The Hall–Kier alpha value is -1.62. The summed E-state index contributed by atoms with van der Waals surface area (Å²) in [4.78, 5) is 4.72. The molecule has 5 heteroatoms. The van der Waals surface area contributed by atoms with Crippen molar-refractivity contribution in [2.45, 2.75) is 52.9 Å². The molecule has 0 aliphatic carbocycles. The highest BCUT2D eigenvalue weighted by atomic mass is 32.2. The molecule has 1 aromatic heterocycles. The topological polar surface area (TPSA) is 52.0 Å². The molecule has 0 radical (unpaired) electrons. The molecule has 0 aliphatic heterocycles. The molecule has 0 saturated carbocycles. The van der Waals surface area contributed by atoms with Gasteiger partial charge >= 0.3 is 0 Å². The minimum atomic E-state index is -3.61. The van der Waals surface area contributed by atoms with Crippen molar-refractivity contribution in [1.82, 2.24) is 8.96 Å². The van der Waals surface area contributed by atoms with E-state index in [2.05, 4.69) is 4.98 Å². The number of hydrogen-bond donors (Lipinski definition) is 0. The first-order chi connectivity index (χ1) is 9.70. The number of imidazole rings is 1. The third-order valence-corrected chi connectivity index (χ3v) is 5.96. The van der Waals surface area contributed by atoms with Gasteiger partial charge in [0.2, 0.25) is 0 Å². The molecule has 114 valence electrons. The highest BCUT2D eigenvalue weighted by Gasteiger charge is 2.26. The van der Waals surface area contributed by atoms with E-state index in [0.717, 1.165) is 27.9 Å². The van der Waals surface area contributed by atoms with E-state index < -0.39 is 10.0 Å². The molecule has 2 rings (SSSR count). The van der Waals surface area contributed by atoms with Crippen molar-refractivity contribution >= 4 is 10.0 Å². The van der Waals surface area contributed by atoms with Crippen molar-refractivity contribution in [3.05, 3.63) is 46.0 Å². The zero-order valence-electron chi connectivity index (χ0n) is 13.5. The lowest BCUT2D eigenvalue weighted by Gasteiger charge is -2.17. The van der Waals surface area contributed by atoms with Crippen molar-refractivity contribution in [1.29, 1.82) is 0 Å². The molecular weight excluding hydrogens is 284 g/mol. The van der Waals surface area contributed by atoms with Gasteiger partial charge in [0.25, 0.3) is 10.0 Å². The number of aromatic nitrogens is 2. The van der Waals surface area contributed by atoms with Gasteiger partial charge in [0.05, 0.1) is 10.6 Å². The average molecular weight is 306 g/mol. The van der Waals surface area contributed by atoms with Gasteiger partial charge in [-0.3, -0.25) is 0 Å². The van der Waals surface area contributed by atoms with Crippen LogP contribution in [0.15, 0.2) is 17.2 Å². The summed E-state index contributed by atoms with van der Waals surface area (Å²) in [6, 6.07) is 2.03. The number of aryl methyl sites for hydroxylation is 4. The summed E-state index contributed by atoms with van der Waals surface area (Å²) in [5, 5.41) is 0. The summed E-state index contributed by atoms with van der Waals surface area (Å²) in [5.74, 6) is 0.574. The van der Waals surface area contributed by atoms with Crippen LogP contribution < -0.4 is 0 Å². The van der Waals surface area contributed by atoms with E-state index in [1.54, 1.807) is 6.20 Å². The number of nitrogens with zero attached hydrogens (tertiary/aromatic N) is 2. The average Bonchev–Trinajstić information content (AvgIpc) is 2.78. The first-order valence-corrected chi connectivity index (χ1v) is 8.52. The predicted molar refractivity (Wildman–Crippen MR) is 84.3 cm³/mol. The minimum Gasteiger partial charge on any atom is -0.238 e. The lowest BCUT2D eigenvalue weighted by Crippen LogP contribution is -2.18. The predicted octanol–water partition coefficient (Wildman–Crippen LogP) is 3.22. The minimum absolute atomic E-state index is 0.409. The highest BCUT2D eigenvalue weighted by Crippen LogP contribution is 2.28. The van der Waals surface area contributed by atoms with Gasteiger partial charge in [0.15, 0.2) is 0 Å². The summed E-state index contributed by atoms with van der Waals surface area (Å²) in [7, 11) is -3.61. The third kappa shape index (κ3) is 2.50. The molecular formula is C16H22N2O2S. The van der Waals surface area contributed by atoms with Gasteiger partial charge in [-0.1, -0.05) is 13.0 Å². The number of benzene rings is 1. The van der Waals surface area contributed by atoms with Crippen LogP contribution in [0.2, 0.25) is 0 Å². The summed E-state index contributed by atoms with van der Waals surface area (Å²) >= 11 is 0. The Bertz CT molecular complexity index is 776. The normalized spacial score (nSPS) is 11.9. The molecule has 1 aromatic carbocycles. The monoisotopic (exact) mass is 306 g/mol. The second-order valence-electron chi connectivity index (χ2n) is 5.54. The van der Waals surface area contributed by atoms with Crippen molar-refractivity contribution in [2.24, 2.45) is 0 Å². The summed E-state index contributed by atoms with van der Waals surface area (Å²) < 4.78 is 27.5. The fourth-order valence-corrected chi connectivity index (χ4v) is 4.67. The van der Waals surface area contributed by atoms with Crippen molar-refractivity contribution < 1.29 is 8.42 Å². The fraction of sp³-hybridized carbons (Fsp3) is 0.438. The van der Waals surface area contributed by atoms with Gasteiger partial charge in [-0.25, -0.2) is 17.4 Å². The van der Waals surface area contributed by atoms with E-state index in [1.807, 2.05) is 47.6 Å². The first kappa shape index (κ1) is 15.8. The Morgan fingerprint density at radius 1 is 1.05 bits per heavy atom. The van der Waals surface area contributed by atoms with Crippen LogP contribution in [-0.4, -0.2) is 17.4 Å². The molecule has 21 heavy (non-hydrogen) atoms. The highest BCUT2D eigenvalue weighted by molar-refractivity contribution is 7.90. The lowest BCUT2D eigenvalue weighted by molar-refractivity contribution is 0.583. The van der Waals surface area contributed by atoms with Gasteiger partial charge in [0.1, 0.15) is 5.82 Å². The molecule has 0 unspecified atom stereocenters. The molecule has 0 spiro atoms. The molecule has 0 aliphatic rings. The van der Waals surface area contributed by atoms with Gasteiger partial charge in [0, 0.05) is 12.6 Å². The molecule has 0 saturated heterocycles. The maximum atomic E-state index is 13.1. The lowest BCUT2D eigenvalue weighted by atomic mass is 10.0. The third-order valence-electron chi connectivity index (χ3n) is 3.99. The van der Waals surface area contributed by atoms with Crippen LogP contribution in [-0.2, 0) is 16.4 Å². The molecule has 0 fully saturated rings. The van der Waals surface area contributed by atoms with E-state index >= 15 is 0 Å². The summed E-state index contributed by atoms with van der Waals surface area (Å²) in [6.07, 6.45) is 2.18. The number of rotatable bonds is 3. The maximum Gasteiger partial charge on any atom is 0.269 e. The van der Waals surface area contributed by atoms with Crippen molar-refractivity contribution in [2.75, 3.05) is 0 Å². The SMILES string of the molecule is CCc1nc(C)cn1S(=O)(=O)c1c(C)c(C)cc(C)c1C. The molecule has 2 aromatic rings. The Kier molecular flexibility index (Phi) is 3.97. The van der Waals surface area contributed by atoms with Gasteiger partial charge < -0.3 is 0 Å². The van der Waals surface area contributed by atoms with E-state index in [-0.39, 0.29) is 0 Å². The number of hydrogen-bond acceptors (Lipinski definition) is 3. The first-order valence-electron chi connectivity index (χ1n) is 7.08. The second kappa shape index (κ2) is 5.30. The van der Waals surface area contributed by atoms with Gasteiger partial charge in [-0.05, 0) is 56.9 Å². The largest absolute Gasteiger partial charge is 0.269 e. The van der Waals surface area contributed by atoms with Crippen LogP contribution in [0.3, 0.4) is 0 Å². The molecule has 0 atom stereocenters. The summed E-state index contributed by atoms with van der Waals surface area (Å²) in [5.41, 5.74) is 4.33. The van der Waals surface area contributed by atoms with Crippen LogP contribution in [0, 0.1) is 34.6 Å². The molecule has 0 bridgehead atoms. The molecule has 0 N–H and O–H groups in total. The maximum absolute atomic E-state index is 13.1. The van der Waals surface area contributed by atoms with Crippen molar-refractivity contribution in [3.8, 4) is 0 Å².